The molecule has 0 aromatic carbocycles. The van der Waals surface area contributed by atoms with Gasteiger partial charge in [0.1, 0.15) is 0 Å². The number of rotatable bonds is 6. The van der Waals surface area contributed by atoms with Crippen molar-refractivity contribution in [3.63, 3.8) is 0 Å². The number of hydrogen-bond donors (Lipinski definition) is 0. The molecule has 0 bridgehead atoms. The van der Waals surface area contributed by atoms with Crippen molar-refractivity contribution in [3.8, 4) is 0 Å². The zero-order chi connectivity index (χ0) is 13.0. The second-order valence-electron chi connectivity index (χ2n) is 4.55. The second-order valence-corrected chi connectivity index (χ2v) is 5.20. The molecule has 0 aliphatic heterocycles. The van der Waals surface area contributed by atoms with Crippen LogP contribution in [0.3, 0.4) is 0 Å². The number of hydrogen-bond acceptors (Lipinski definition) is 1. The number of alkyl halides is 1. The third-order valence-corrected chi connectivity index (χ3v) is 3.70. The van der Waals surface area contributed by atoms with Gasteiger partial charge in [-0.25, -0.2) is 0 Å². The quantitative estimate of drug-likeness (QED) is 0.677. The Kier molecular flexibility index (Phi) is 5.51. The minimum absolute atomic E-state index is 0.0583. The average Bonchev–Trinajstić information content (AvgIpc) is 2.69. The molecular weight excluding hydrogens is 232 g/mol. The molecule has 98 valence electrons. The van der Waals surface area contributed by atoms with Gasteiger partial charge in [-0.3, -0.25) is 4.68 Å². The number of aryl methyl sites for hydroxylation is 1. The third-order valence-electron chi connectivity index (χ3n) is 3.48. The summed E-state index contributed by atoms with van der Waals surface area (Å²) in [6, 6.07) is 0.513. The van der Waals surface area contributed by atoms with Crippen LogP contribution in [-0.2, 0) is 12.8 Å². The topological polar surface area (TPSA) is 17.8 Å². The molecule has 17 heavy (non-hydrogen) atoms. The Hall–Kier alpha value is -0.500. The van der Waals surface area contributed by atoms with E-state index >= 15 is 0 Å². The standard InChI is InChI=1S/C14H25ClN2/c1-6-11(7-2)17-13(9-4)14(10(5)15)12(8-3)16-17/h10-11H,6-9H2,1-5H3. The molecule has 1 rings (SSSR count). The zero-order valence-corrected chi connectivity index (χ0v) is 12.5. The first-order chi connectivity index (χ1) is 8.10. The lowest BCUT2D eigenvalue weighted by Crippen LogP contribution is -2.12. The van der Waals surface area contributed by atoms with Gasteiger partial charge in [0.2, 0.25) is 0 Å². The zero-order valence-electron chi connectivity index (χ0n) is 11.8. The molecule has 2 nitrogen and oxygen atoms in total. The van der Waals surface area contributed by atoms with E-state index in [1.54, 1.807) is 0 Å². The molecule has 1 aromatic rings. The Labute approximate surface area is 110 Å². The Balaban J connectivity index is 3.31. The van der Waals surface area contributed by atoms with E-state index in [2.05, 4.69) is 32.4 Å². The van der Waals surface area contributed by atoms with Crippen molar-refractivity contribution in [1.29, 1.82) is 0 Å². The molecule has 0 saturated carbocycles. The highest BCUT2D eigenvalue weighted by molar-refractivity contribution is 6.20. The Bertz CT molecular complexity index is 351. The number of halogens is 1. The number of aromatic nitrogens is 2. The summed E-state index contributed by atoms with van der Waals surface area (Å²) in [5.41, 5.74) is 3.78. The van der Waals surface area contributed by atoms with Crippen LogP contribution in [0.15, 0.2) is 0 Å². The molecule has 1 aromatic heterocycles. The van der Waals surface area contributed by atoms with Crippen molar-refractivity contribution in [3.05, 3.63) is 17.0 Å². The van der Waals surface area contributed by atoms with E-state index in [0.29, 0.717) is 6.04 Å². The molecule has 1 unspecified atom stereocenters. The van der Waals surface area contributed by atoms with Gasteiger partial charge in [-0.15, -0.1) is 11.6 Å². The highest BCUT2D eigenvalue weighted by atomic mass is 35.5. The lowest BCUT2D eigenvalue weighted by atomic mass is 10.1. The van der Waals surface area contributed by atoms with Crippen LogP contribution < -0.4 is 0 Å². The normalized spacial score (nSPS) is 13.4. The van der Waals surface area contributed by atoms with Gasteiger partial charge in [0.25, 0.3) is 0 Å². The lowest BCUT2D eigenvalue weighted by molar-refractivity contribution is 0.413. The Morgan fingerprint density at radius 3 is 2.06 bits per heavy atom. The largest absolute Gasteiger partial charge is 0.266 e. The summed E-state index contributed by atoms with van der Waals surface area (Å²) in [7, 11) is 0. The lowest BCUT2D eigenvalue weighted by Gasteiger charge is -2.17. The summed E-state index contributed by atoms with van der Waals surface area (Å²) >= 11 is 6.32. The molecule has 3 heteroatoms. The van der Waals surface area contributed by atoms with Crippen molar-refractivity contribution < 1.29 is 0 Å². The molecule has 0 aliphatic carbocycles. The van der Waals surface area contributed by atoms with Crippen LogP contribution in [-0.4, -0.2) is 9.78 Å². The van der Waals surface area contributed by atoms with Crippen LogP contribution in [0.2, 0.25) is 0 Å². The fourth-order valence-electron chi connectivity index (χ4n) is 2.54. The predicted molar refractivity (Wildman–Crippen MR) is 74.9 cm³/mol. The van der Waals surface area contributed by atoms with Gasteiger partial charge >= 0.3 is 0 Å². The van der Waals surface area contributed by atoms with Crippen molar-refractivity contribution in [2.75, 3.05) is 0 Å². The maximum absolute atomic E-state index is 6.32. The van der Waals surface area contributed by atoms with E-state index in [-0.39, 0.29) is 5.38 Å². The van der Waals surface area contributed by atoms with Crippen molar-refractivity contribution >= 4 is 11.6 Å². The van der Waals surface area contributed by atoms with E-state index in [1.807, 2.05) is 6.92 Å². The summed E-state index contributed by atoms with van der Waals surface area (Å²) in [5.74, 6) is 0. The van der Waals surface area contributed by atoms with Crippen LogP contribution in [0.4, 0.5) is 0 Å². The van der Waals surface area contributed by atoms with Gasteiger partial charge in [-0.05, 0) is 32.6 Å². The van der Waals surface area contributed by atoms with Gasteiger partial charge < -0.3 is 0 Å². The molecule has 0 fully saturated rings. The van der Waals surface area contributed by atoms with E-state index in [0.717, 1.165) is 25.7 Å². The second kappa shape index (κ2) is 6.44. The van der Waals surface area contributed by atoms with E-state index < -0.39 is 0 Å². The Morgan fingerprint density at radius 1 is 1.12 bits per heavy atom. The fourth-order valence-corrected chi connectivity index (χ4v) is 2.80. The maximum Gasteiger partial charge on any atom is 0.0671 e. The molecule has 0 amide bonds. The van der Waals surface area contributed by atoms with Crippen LogP contribution in [0.25, 0.3) is 0 Å². The first-order valence-electron chi connectivity index (χ1n) is 6.84. The molecule has 0 N–H and O–H groups in total. The molecule has 0 aliphatic rings. The summed E-state index contributed by atoms with van der Waals surface area (Å²) in [6.45, 7) is 10.9. The smallest absolute Gasteiger partial charge is 0.0671 e. The molecule has 0 radical (unpaired) electrons. The highest BCUT2D eigenvalue weighted by Crippen LogP contribution is 2.31. The van der Waals surface area contributed by atoms with Gasteiger partial charge in [0.15, 0.2) is 0 Å². The van der Waals surface area contributed by atoms with Gasteiger partial charge in [0, 0.05) is 11.3 Å². The van der Waals surface area contributed by atoms with Gasteiger partial charge in [0.05, 0.1) is 17.1 Å². The van der Waals surface area contributed by atoms with E-state index in [1.165, 1.54) is 17.0 Å². The van der Waals surface area contributed by atoms with Crippen LogP contribution in [0.5, 0.6) is 0 Å². The molecule has 0 saturated heterocycles. The summed E-state index contributed by atoms with van der Waals surface area (Å²) < 4.78 is 2.23. The Morgan fingerprint density at radius 2 is 1.71 bits per heavy atom. The molecule has 1 heterocycles. The fraction of sp³-hybridized carbons (Fsp3) is 0.786. The summed E-state index contributed by atoms with van der Waals surface area (Å²) in [4.78, 5) is 0. The predicted octanol–water partition coefficient (Wildman–Crippen LogP) is 4.67. The van der Waals surface area contributed by atoms with E-state index in [9.17, 15) is 0 Å². The highest BCUT2D eigenvalue weighted by Gasteiger charge is 2.21. The minimum Gasteiger partial charge on any atom is -0.266 e. The van der Waals surface area contributed by atoms with Crippen molar-refractivity contribution in [2.45, 2.75) is 71.7 Å². The third kappa shape index (κ3) is 2.85. The maximum atomic E-state index is 6.32. The molecule has 1 atom stereocenters. The van der Waals surface area contributed by atoms with E-state index in [4.69, 9.17) is 16.7 Å². The SMILES string of the molecule is CCc1nn(C(CC)CC)c(CC)c1C(C)Cl. The monoisotopic (exact) mass is 256 g/mol. The first kappa shape index (κ1) is 14.6. The van der Waals surface area contributed by atoms with Crippen LogP contribution in [0, 0.1) is 0 Å². The van der Waals surface area contributed by atoms with Crippen molar-refractivity contribution in [2.24, 2.45) is 0 Å². The van der Waals surface area contributed by atoms with Crippen LogP contribution in [0.1, 0.15) is 75.8 Å². The molecule has 0 spiro atoms. The van der Waals surface area contributed by atoms with Crippen molar-refractivity contribution in [1.82, 2.24) is 9.78 Å². The van der Waals surface area contributed by atoms with Crippen LogP contribution >= 0.6 is 11.6 Å². The number of nitrogens with zero attached hydrogens (tertiary/aromatic N) is 2. The average molecular weight is 257 g/mol. The molecular formula is C14H25ClN2. The summed E-state index contributed by atoms with van der Waals surface area (Å²) in [5, 5.41) is 4.85. The first-order valence-corrected chi connectivity index (χ1v) is 7.28. The summed E-state index contributed by atoms with van der Waals surface area (Å²) in [6.07, 6.45) is 4.23. The van der Waals surface area contributed by atoms with Gasteiger partial charge in [-0.1, -0.05) is 27.7 Å². The van der Waals surface area contributed by atoms with Gasteiger partial charge in [-0.2, -0.15) is 5.10 Å². The minimum atomic E-state index is 0.0583.